The molecule has 2 aromatic carbocycles. The highest BCUT2D eigenvalue weighted by atomic mass is 79.9. The summed E-state index contributed by atoms with van der Waals surface area (Å²) in [6, 6.07) is 9.51. The number of rotatable bonds is 3. The van der Waals surface area contributed by atoms with Crippen molar-refractivity contribution in [3.63, 3.8) is 0 Å². The molecule has 0 aliphatic rings. The maximum Gasteiger partial charge on any atom is 0.125 e. The van der Waals surface area contributed by atoms with Gasteiger partial charge in [-0.25, -0.2) is 4.39 Å². The quantitative estimate of drug-likeness (QED) is 0.785. The van der Waals surface area contributed by atoms with Crippen LogP contribution in [-0.2, 0) is 0 Å². The molecule has 19 heavy (non-hydrogen) atoms. The molecule has 0 saturated heterocycles. The first kappa shape index (κ1) is 14.2. The van der Waals surface area contributed by atoms with Gasteiger partial charge in [0.1, 0.15) is 10.8 Å². The van der Waals surface area contributed by atoms with Crippen LogP contribution in [0, 0.1) is 5.82 Å². The molecule has 2 rings (SSSR count). The molecule has 0 saturated carbocycles. The molecule has 0 heterocycles. The first-order chi connectivity index (χ1) is 8.97. The topological polar surface area (TPSA) is 38.0 Å². The second kappa shape index (κ2) is 5.86. The molecule has 3 N–H and O–H groups in total. The van der Waals surface area contributed by atoms with Gasteiger partial charge in [-0.05, 0) is 52.3 Å². The Balaban J connectivity index is 2.31. The van der Waals surface area contributed by atoms with Crippen molar-refractivity contribution in [1.29, 1.82) is 0 Å². The molecule has 98 valence electrons. The van der Waals surface area contributed by atoms with Crippen molar-refractivity contribution in [2.45, 2.75) is 0 Å². The summed E-state index contributed by atoms with van der Waals surface area (Å²) < 4.78 is 13.9. The van der Waals surface area contributed by atoms with Gasteiger partial charge >= 0.3 is 0 Å². The van der Waals surface area contributed by atoms with Crippen LogP contribution in [0.25, 0.3) is 0 Å². The van der Waals surface area contributed by atoms with E-state index in [1.165, 1.54) is 18.2 Å². The van der Waals surface area contributed by atoms with Gasteiger partial charge in [-0.15, -0.1) is 0 Å². The highest BCUT2D eigenvalue weighted by Crippen LogP contribution is 2.28. The van der Waals surface area contributed by atoms with Crippen molar-refractivity contribution in [1.82, 2.24) is 0 Å². The molecule has 0 unspecified atom stereocenters. The van der Waals surface area contributed by atoms with E-state index in [9.17, 15) is 4.39 Å². The predicted octanol–water partition coefficient (Wildman–Crippen LogP) is 4.62. The van der Waals surface area contributed by atoms with Crippen LogP contribution in [0.15, 0.2) is 40.9 Å². The Morgan fingerprint density at radius 1 is 1.26 bits per heavy atom. The van der Waals surface area contributed by atoms with E-state index in [0.717, 1.165) is 15.7 Å². The third kappa shape index (κ3) is 3.43. The highest BCUT2D eigenvalue weighted by molar-refractivity contribution is 9.10. The van der Waals surface area contributed by atoms with Gasteiger partial charge in [0, 0.05) is 15.7 Å². The molecular weight excluding hydrogens is 351 g/mol. The van der Waals surface area contributed by atoms with Gasteiger partial charge in [-0.3, -0.25) is 0 Å². The van der Waals surface area contributed by atoms with Gasteiger partial charge in [0.05, 0.1) is 10.7 Å². The molecule has 6 heteroatoms. The number of hydrogen-bond donors (Lipinski definition) is 2. The van der Waals surface area contributed by atoms with Crippen LogP contribution in [-0.4, -0.2) is 4.99 Å². The van der Waals surface area contributed by atoms with E-state index < -0.39 is 0 Å². The maximum absolute atomic E-state index is 13.2. The fourth-order valence-corrected chi connectivity index (χ4v) is 2.61. The Hall–Kier alpha value is -1.17. The van der Waals surface area contributed by atoms with Gasteiger partial charge < -0.3 is 11.1 Å². The average Bonchev–Trinajstić information content (AvgIpc) is 2.33. The summed E-state index contributed by atoms with van der Waals surface area (Å²) in [4.78, 5) is 0.308. The molecule has 2 nitrogen and oxygen atoms in total. The normalized spacial score (nSPS) is 10.3. The number of thiocarbonyl (C=S) groups is 1. The van der Waals surface area contributed by atoms with Crippen LogP contribution in [0.3, 0.4) is 0 Å². The molecule has 0 radical (unpaired) electrons. The minimum Gasteiger partial charge on any atom is -0.389 e. The lowest BCUT2D eigenvalue weighted by atomic mass is 10.2. The number of anilines is 2. The summed E-state index contributed by atoms with van der Waals surface area (Å²) in [5, 5.41) is 3.47. The van der Waals surface area contributed by atoms with Gasteiger partial charge in [0.15, 0.2) is 0 Å². The van der Waals surface area contributed by atoms with Crippen molar-refractivity contribution in [2.24, 2.45) is 5.73 Å². The maximum atomic E-state index is 13.2. The molecule has 0 atom stereocenters. The van der Waals surface area contributed by atoms with E-state index >= 15 is 0 Å². The second-order valence-electron chi connectivity index (χ2n) is 3.81. The van der Waals surface area contributed by atoms with E-state index in [4.69, 9.17) is 29.6 Å². The fraction of sp³-hybridized carbons (Fsp3) is 0. The summed E-state index contributed by atoms with van der Waals surface area (Å²) in [6.45, 7) is 0. The van der Waals surface area contributed by atoms with Gasteiger partial charge in [-0.2, -0.15) is 0 Å². The fourth-order valence-electron chi connectivity index (χ4n) is 1.54. The van der Waals surface area contributed by atoms with E-state index in [1.807, 2.05) is 0 Å². The third-order valence-electron chi connectivity index (χ3n) is 2.44. The summed E-state index contributed by atoms with van der Waals surface area (Å²) in [6.07, 6.45) is 0. The minimum atomic E-state index is -0.356. The molecule has 0 aliphatic heterocycles. The van der Waals surface area contributed by atoms with Gasteiger partial charge in [-0.1, -0.05) is 23.8 Å². The van der Waals surface area contributed by atoms with Crippen LogP contribution >= 0.6 is 39.7 Å². The molecule has 0 spiro atoms. The molecule has 0 bridgehead atoms. The summed E-state index contributed by atoms with van der Waals surface area (Å²) in [7, 11) is 0. The largest absolute Gasteiger partial charge is 0.389 e. The summed E-state index contributed by atoms with van der Waals surface area (Å²) in [5.74, 6) is -0.356. The van der Waals surface area contributed by atoms with Gasteiger partial charge in [0.25, 0.3) is 0 Å². The smallest absolute Gasteiger partial charge is 0.125 e. The van der Waals surface area contributed by atoms with Crippen LogP contribution in [0.2, 0.25) is 5.02 Å². The van der Waals surface area contributed by atoms with Crippen LogP contribution < -0.4 is 11.1 Å². The van der Waals surface area contributed by atoms with E-state index in [0.29, 0.717) is 15.7 Å². The number of nitrogens with one attached hydrogen (secondary N) is 1. The van der Waals surface area contributed by atoms with Crippen LogP contribution in [0.5, 0.6) is 0 Å². The lowest BCUT2D eigenvalue weighted by Gasteiger charge is -2.10. The number of benzene rings is 2. The SMILES string of the molecule is NC(=S)c1ccc(Nc2cc(F)ccc2Cl)cc1Br. The number of hydrogen-bond acceptors (Lipinski definition) is 2. The second-order valence-corrected chi connectivity index (χ2v) is 5.51. The van der Waals surface area contributed by atoms with Crippen molar-refractivity contribution >= 4 is 56.1 Å². The monoisotopic (exact) mass is 358 g/mol. The van der Waals surface area contributed by atoms with Crippen molar-refractivity contribution in [2.75, 3.05) is 5.32 Å². The van der Waals surface area contributed by atoms with E-state index in [2.05, 4.69) is 21.2 Å². The average molecular weight is 360 g/mol. The van der Waals surface area contributed by atoms with Crippen LogP contribution in [0.4, 0.5) is 15.8 Å². The van der Waals surface area contributed by atoms with E-state index in [-0.39, 0.29) is 5.82 Å². The van der Waals surface area contributed by atoms with Gasteiger partial charge in [0.2, 0.25) is 0 Å². The lowest BCUT2D eigenvalue weighted by molar-refractivity contribution is 0.628. The first-order valence-corrected chi connectivity index (χ1v) is 6.87. The molecule has 0 fully saturated rings. The summed E-state index contributed by atoms with van der Waals surface area (Å²) in [5.41, 5.74) is 7.56. The van der Waals surface area contributed by atoms with Crippen LogP contribution in [0.1, 0.15) is 5.56 Å². The van der Waals surface area contributed by atoms with Crippen molar-refractivity contribution in [3.8, 4) is 0 Å². The Morgan fingerprint density at radius 3 is 2.63 bits per heavy atom. The number of halogens is 3. The number of nitrogens with two attached hydrogens (primary N) is 1. The molecule has 0 aliphatic carbocycles. The summed E-state index contributed by atoms with van der Waals surface area (Å²) >= 11 is 14.3. The Morgan fingerprint density at radius 2 is 2.00 bits per heavy atom. The standard InChI is InChI=1S/C13H9BrClFN2S/c14-10-6-8(2-3-9(10)13(17)19)18-12-5-7(16)1-4-11(12)15/h1-6,18H,(H2,17,19). The molecule has 0 aromatic heterocycles. The molecule has 2 aromatic rings. The molecule has 0 amide bonds. The zero-order valence-electron chi connectivity index (χ0n) is 9.58. The zero-order valence-corrected chi connectivity index (χ0v) is 12.7. The Kier molecular flexibility index (Phi) is 4.39. The Bertz CT molecular complexity index is 649. The lowest BCUT2D eigenvalue weighted by Crippen LogP contribution is -2.10. The zero-order chi connectivity index (χ0) is 14.0. The van der Waals surface area contributed by atoms with E-state index in [1.54, 1.807) is 18.2 Å². The Labute approximate surface area is 128 Å². The first-order valence-electron chi connectivity index (χ1n) is 5.29. The van der Waals surface area contributed by atoms with Crippen molar-refractivity contribution < 1.29 is 4.39 Å². The molecular formula is C13H9BrClFN2S. The third-order valence-corrected chi connectivity index (χ3v) is 3.65. The van der Waals surface area contributed by atoms with Crippen molar-refractivity contribution in [3.05, 3.63) is 57.3 Å². The highest BCUT2D eigenvalue weighted by Gasteiger charge is 2.06. The minimum absolute atomic E-state index is 0.308. The predicted molar refractivity (Wildman–Crippen MR) is 84.7 cm³/mol.